The van der Waals surface area contributed by atoms with Crippen molar-refractivity contribution in [2.45, 2.75) is 25.8 Å². The topological polar surface area (TPSA) is 53.7 Å². The molecule has 6 heteroatoms. The van der Waals surface area contributed by atoms with Crippen molar-refractivity contribution in [1.29, 1.82) is 0 Å². The fourth-order valence-corrected chi connectivity index (χ4v) is 4.06. The molecule has 0 saturated carbocycles. The molecule has 0 spiro atoms. The van der Waals surface area contributed by atoms with E-state index in [1.54, 1.807) is 4.90 Å². The summed E-state index contributed by atoms with van der Waals surface area (Å²) < 4.78 is 1.84. The monoisotopic (exact) mass is 385 g/mol. The second-order valence-corrected chi connectivity index (χ2v) is 7.49. The van der Waals surface area contributed by atoms with Gasteiger partial charge in [-0.1, -0.05) is 55.5 Å². The number of carbonyl (C=O) groups is 1. The lowest BCUT2D eigenvalue weighted by Crippen LogP contribution is -2.50. The van der Waals surface area contributed by atoms with Crippen molar-refractivity contribution in [1.82, 2.24) is 14.7 Å². The molecule has 6 nitrogen and oxygen atoms in total. The van der Waals surface area contributed by atoms with E-state index in [1.165, 1.54) is 5.56 Å². The van der Waals surface area contributed by atoms with Crippen molar-refractivity contribution in [2.75, 3.05) is 18.0 Å². The Labute approximate surface area is 170 Å². The minimum Gasteiger partial charge on any atom is -0.276 e. The summed E-state index contributed by atoms with van der Waals surface area (Å²) in [7, 11) is 0. The molecule has 3 aromatic rings. The number of carbonyl (C=O) groups excluding carboxylic acids is 1. The van der Waals surface area contributed by atoms with Crippen molar-refractivity contribution in [3.8, 4) is 5.69 Å². The minimum absolute atomic E-state index is 0.0213. The highest BCUT2D eigenvalue weighted by molar-refractivity contribution is 6.19. The first kappa shape index (κ1) is 17.7. The van der Waals surface area contributed by atoms with Crippen molar-refractivity contribution in [3.63, 3.8) is 0 Å². The number of anilines is 1. The summed E-state index contributed by atoms with van der Waals surface area (Å²) in [4.78, 5) is 21.8. The highest BCUT2D eigenvalue weighted by atomic mass is 16.2. The summed E-state index contributed by atoms with van der Waals surface area (Å²) in [6.07, 6.45) is 3.69. The Morgan fingerprint density at radius 3 is 2.48 bits per heavy atom. The molecule has 0 aliphatic carbocycles. The number of benzene rings is 2. The number of nitrogens with zero attached hydrogens (tertiary/aromatic N) is 5. The number of amidine groups is 1. The predicted octanol–water partition coefficient (Wildman–Crippen LogP) is 3.90. The molecule has 2 aliphatic rings. The molecule has 1 aromatic heterocycles. The zero-order chi connectivity index (χ0) is 19.8. The van der Waals surface area contributed by atoms with Gasteiger partial charge in [-0.3, -0.25) is 14.8 Å². The van der Waals surface area contributed by atoms with Crippen LogP contribution in [-0.4, -0.2) is 45.7 Å². The molecular formula is C23H23N5O. The lowest BCUT2D eigenvalue weighted by Gasteiger charge is -2.32. The second kappa shape index (κ2) is 7.20. The Bertz CT molecular complexity index is 1060. The van der Waals surface area contributed by atoms with Crippen molar-refractivity contribution >= 4 is 17.7 Å². The van der Waals surface area contributed by atoms with Gasteiger partial charge in [0.15, 0.2) is 5.82 Å². The summed E-state index contributed by atoms with van der Waals surface area (Å²) in [5.41, 5.74) is 3.13. The number of urea groups is 1. The van der Waals surface area contributed by atoms with E-state index in [4.69, 9.17) is 10.1 Å². The van der Waals surface area contributed by atoms with E-state index in [0.29, 0.717) is 18.9 Å². The highest BCUT2D eigenvalue weighted by Crippen LogP contribution is 2.32. The predicted molar refractivity (Wildman–Crippen MR) is 114 cm³/mol. The molecule has 3 heterocycles. The molecule has 2 amide bonds. The van der Waals surface area contributed by atoms with E-state index < -0.39 is 0 Å². The Morgan fingerprint density at radius 2 is 1.76 bits per heavy atom. The van der Waals surface area contributed by atoms with Crippen molar-refractivity contribution in [3.05, 3.63) is 78.0 Å². The van der Waals surface area contributed by atoms with Gasteiger partial charge in [-0.05, 0) is 30.5 Å². The van der Waals surface area contributed by atoms with E-state index in [2.05, 4.69) is 19.1 Å². The number of para-hydroxylation sites is 1. The maximum atomic E-state index is 13.2. The summed E-state index contributed by atoms with van der Waals surface area (Å²) in [5, 5.41) is 4.76. The molecule has 0 radical (unpaired) electrons. The Kier molecular flexibility index (Phi) is 4.39. The molecule has 0 N–H and O–H groups in total. The van der Waals surface area contributed by atoms with Crippen LogP contribution in [-0.2, 0) is 6.42 Å². The molecule has 0 bridgehead atoms. The number of fused-ring (bicyclic) bond motifs is 3. The average Bonchev–Trinajstić information content (AvgIpc) is 3.37. The molecule has 0 saturated heterocycles. The van der Waals surface area contributed by atoms with Gasteiger partial charge < -0.3 is 0 Å². The van der Waals surface area contributed by atoms with E-state index >= 15 is 0 Å². The maximum Gasteiger partial charge on any atom is 0.331 e. The molecule has 146 valence electrons. The van der Waals surface area contributed by atoms with Gasteiger partial charge in [-0.2, -0.15) is 0 Å². The molecule has 0 unspecified atom stereocenters. The number of amides is 2. The van der Waals surface area contributed by atoms with Crippen LogP contribution in [0.4, 0.5) is 10.6 Å². The van der Waals surface area contributed by atoms with Gasteiger partial charge in [0.25, 0.3) is 0 Å². The zero-order valence-electron chi connectivity index (χ0n) is 16.4. The molecule has 2 aromatic carbocycles. The van der Waals surface area contributed by atoms with E-state index in [-0.39, 0.29) is 12.1 Å². The Morgan fingerprint density at radius 1 is 1.03 bits per heavy atom. The van der Waals surface area contributed by atoms with Crippen LogP contribution in [0.3, 0.4) is 0 Å². The van der Waals surface area contributed by atoms with Gasteiger partial charge in [-0.25, -0.2) is 9.48 Å². The number of aromatic nitrogens is 2. The molecule has 5 rings (SSSR count). The maximum absolute atomic E-state index is 13.2. The number of hydrogen-bond donors (Lipinski definition) is 0. The molecule has 0 fully saturated rings. The van der Waals surface area contributed by atoms with Gasteiger partial charge in [0, 0.05) is 12.7 Å². The molecular weight excluding hydrogens is 362 g/mol. The number of rotatable bonds is 5. The van der Waals surface area contributed by atoms with Crippen LogP contribution < -0.4 is 4.90 Å². The van der Waals surface area contributed by atoms with Gasteiger partial charge in [0.05, 0.1) is 23.8 Å². The third-order valence-electron chi connectivity index (χ3n) is 5.39. The molecule has 29 heavy (non-hydrogen) atoms. The zero-order valence-corrected chi connectivity index (χ0v) is 16.4. The SMILES string of the molecule is CCCN1C(=O)N2C[C@@H](Cc3ccccc3)N=C2c2cn(-c3ccccc3)nc21. The average molecular weight is 385 g/mol. The van der Waals surface area contributed by atoms with Crippen LogP contribution >= 0.6 is 0 Å². The van der Waals surface area contributed by atoms with E-state index in [9.17, 15) is 4.79 Å². The van der Waals surface area contributed by atoms with Crippen LogP contribution in [0, 0.1) is 0 Å². The van der Waals surface area contributed by atoms with Gasteiger partial charge in [0.1, 0.15) is 5.84 Å². The summed E-state index contributed by atoms with van der Waals surface area (Å²) in [5.74, 6) is 1.46. The first-order chi connectivity index (χ1) is 14.2. The summed E-state index contributed by atoms with van der Waals surface area (Å²) in [6, 6.07) is 20.3. The smallest absolute Gasteiger partial charge is 0.276 e. The fourth-order valence-electron chi connectivity index (χ4n) is 4.06. The van der Waals surface area contributed by atoms with Crippen LogP contribution in [0.25, 0.3) is 5.69 Å². The Balaban J connectivity index is 1.54. The summed E-state index contributed by atoms with van der Waals surface area (Å²) in [6.45, 7) is 3.33. The van der Waals surface area contributed by atoms with E-state index in [1.807, 2.05) is 64.3 Å². The minimum atomic E-state index is -0.0213. The lowest BCUT2D eigenvalue weighted by atomic mass is 10.1. The largest absolute Gasteiger partial charge is 0.331 e. The number of hydrogen-bond acceptors (Lipinski definition) is 3. The van der Waals surface area contributed by atoms with Crippen LogP contribution in [0.1, 0.15) is 24.5 Å². The molecule has 1 atom stereocenters. The van der Waals surface area contributed by atoms with Gasteiger partial charge >= 0.3 is 6.03 Å². The first-order valence-corrected chi connectivity index (χ1v) is 10.1. The standard InChI is InChI=1S/C23H23N5O/c1-2-13-26-22-20(16-28(25-22)19-11-7-4-8-12-19)21-24-18(15-27(21)23(26)29)14-17-9-5-3-6-10-17/h3-12,16,18H,2,13-15H2,1H3/t18-/m1/s1. The van der Waals surface area contributed by atoms with Crippen LogP contribution in [0.2, 0.25) is 0 Å². The molecule has 2 aliphatic heterocycles. The summed E-state index contributed by atoms with van der Waals surface area (Å²) >= 11 is 0. The quantitative estimate of drug-likeness (QED) is 0.669. The van der Waals surface area contributed by atoms with Crippen LogP contribution in [0.15, 0.2) is 71.9 Å². The number of aliphatic imine (C=N–C) groups is 1. The fraction of sp³-hybridized carbons (Fsp3) is 0.261. The Hall–Kier alpha value is -3.41. The third-order valence-corrected chi connectivity index (χ3v) is 5.39. The van der Waals surface area contributed by atoms with Gasteiger partial charge in [-0.15, -0.1) is 5.10 Å². The first-order valence-electron chi connectivity index (χ1n) is 10.1. The van der Waals surface area contributed by atoms with Gasteiger partial charge in [0.2, 0.25) is 0 Å². The van der Waals surface area contributed by atoms with E-state index in [0.717, 1.165) is 29.9 Å². The lowest BCUT2D eigenvalue weighted by molar-refractivity contribution is 0.227. The normalized spacial score (nSPS) is 17.9. The van der Waals surface area contributed by atoms with Crippen LogP contribution in [0.5, 0.6) is 0 Å². The third kappa shape index (κ3) is 3.10. The van der Waals surface area contributed by atoms with Crippen molar-refractivity contribution in [2.24, 2.45) is 4.99 Å². The van der Waals surface area contributed by atoms with Crippen molar-refractivity contribution < 1.29 is 4.79 Å². The highest BCUT2D eigenvalue weighted by Gasteiger charge is 2.41. The second-order valence-electron chi connectivity index (χ2n) is 7.49.